The molecule has 0 unspecified atom stereocenters. The van der Waals surface area contributed by atoms with Gasteiger partial charge in [-0.3, -0.25) is 0 Å². The molecule has 1 aliphatic carbocycles. The molecule has 0 aromatic heterocycles. The monoisotopic (exact) mass is 179 g/mol. The third kappa shape index (κ3) is 1.47. The lowest BCUT2D eigenvalue weighted by Gasteiger charge is -2.03. The first-order valence-corrected chi connectivity index (χ1v) is 4.44. The quantitative estimate of drug-likeness (QED) is 0.638. The minimum atomic E-state index is 0.103. The van der Waals surface area contributed by atoms with E-state index in [4.69, 9.17) is 10.8 Å². The van der Waals surface area contributed by atoms with Gasteiger partial charge in [0.1, 0.15) is 11.5 Å². The Balaban J connectivity index is 2.22. The molecule has 70 valence electrons. The van der Waals surface area contributed by atoms with E-state index in [0.29, 0.717) is 18.4 Å². The summed E-state index contributed by atoms with van der Waals surface area (Å²) in [7, 11) is 0. The summed E-state index contributed by atoms with van der Waals surface area (Å²) in [4.78, 5) is 0. The molecule has 0 bridgehead atoms. The summed E-state index contributed by atoms with van der Waals surface area (Å²) >= 11 is 0. The maximum atomic E-state index is 9.51. The summed E-state index contributed by atoms with van der Waals surface area (Å²) in [5.41, 5.74) is 6.42. The number of nitrogens with two attached hydrogens (primary N) is 1. The van der Waals surface area contributed by atoms with E-state index in [9.17, 15) is 5.11 Å². The van der Waals surface area contributed by atoms with Crippen molar-refractivity contribution in [2.24, 2.45) is 11.7 Å². The Morgan fingerprint density at radius 1 is 1.38 bits per heavy atom. The predicted molar refractivity (Wildman–Crippen MR) is 49.7 cm³/mol. The minimum Gasteiger partial charge on any atom is -0.508 e. The predicted octanol–water partition coefficient (Wildman–Crippen LogP) is 1.16. The first-order valence-electron chi connectivity index (χ1n) is 4.44. The molecule has 2 atom stereocenters. The summed E-state index contributed by atoms with van der Waals surface area (Å²) in [6.45, 7) is 0.672. The molecule has 0 amide bonds. The van der Waals surface area contributed by atoms with Crippen molar-refractivity contribution in [3.8, 4) is 11.5 Å². The van der Waals surface area contributed by atoms with Gasteiger partial charge in [-0.15, -0.1) is 0 Å². The van der Waals surface area contributed by atoms with Gasteiger partial charge in [0, 0.05) is 6.07 Å². The zero-order valence-electron chi connectivity index (χ0n) is 7.27. The molecule has 13 heavy (non-hydrogen) atoms. The number of phenolic OH excluding ortho intramolecular Hbond substituents is 2. The third-order valence-corrected chi connectivity index (χ3v) is 2.64. The standard InChI is InChI=1S/C10H13NO2/c11-5-6-3-9(6)8-2-1-7(12)4-10(8)13/h1-2,4,6,9,12-13H,3,5,11H2/t6-,9+/m0/s1. The Morgan fingerprint density at radius 3 is 2.69 bits per heavy atom. The highest BCUT2D eigenvalue weighted by atomic mass is 16.3. The lowest BCUT2D eigenvalue weighted by atomic mass is 10.1. The highest BCUT2D eigenvalue weighted by molar-refractivity contribution is 5.43. The Labute approximate surface area is 76.8 Å². The van der Waals surface area contributed by atoms with Crippen molar-refractivity contribution >= 4 is 0 Å². The Kier molecular flexibility index (Phi) is 1.88. The molecule has 0 radical (unpaired) electrons. The van der Waals surface area contributed by atoms with Crippen molar-refractivity contribution in [2.45, 2.75) is 12.3 Å². The van der Waals surface area contributed by atoms with Crippen LogP contribution in [0.1, 0.15) is 17.9 Å². The van der Waals surface area contributed by atoms with Crippen LogP contribution in [0.3, 0.4) is 0 Å². The van der Waals surface area contributed by atoms with E-state index < -0.39 is 0 Å². The molecule has 1 aliphatic rings. The summed E-state index contributed by atoms with van der Waals surface area (Å²) in [6, 6.07) is 4.74. The van der Waals surface area contributed by atoms with Crippen molar-refractivity contribution in [2.75, 3.05) is 6.54 Å². The van der Waals surface area contributed by atoms with Crippen LogP contribution in [0.25, 0.3) is 0 Å². The second-order valence-electron chi connectivity index (χ2n) is 3.58. The molecule has 2 rings (SSSR count). The van der Waals surface area contributed by atoms with E-state index in [1.54, 1.807) is 12.1 Å². The van der Waals surface area contributed by atoms with Gasteiger partial charge >= 0.3 is 0 Å². The lowest BCUT2D eigenvalue weighted by molar-refractivity contribution is 0.445. The largest absolute Gasteiger partial charge is 0.508 e. The van der Waals surface area contributed by atoms with E-state index >= 15 is 0 Å². The number of aromatic hydroxyl groups is 2. The highest BCUT2D eigenvalue weighted by Gasteiger charge is 2.38. The Morgan fingerprint density at radius 2 is 2.15 bits per heavy atom. The molecular formula is C10H13NO2. The Hall–Kier alpha value is -1.22. The number of phenols is 2. The molecule has 0 aliphatic heterocycles. The second kappa shape index (κ2) is 2.92. The van der Waals surface area contributed by atoms with Crippen LogP contribution < -0.4 is 5.73 Å². The van der Waals surface area contributed by atoms with Gasteiger partial charge < -0.3 is 15.9 Å². The zero-order valence-corrected chi connectivity index (χ0v) is 7.27. The van der Waals surface area contributed by atoms with Gasteiger partial charge in [-0.2, -0.15) is 0 Å². The normalized spacial score (nSPS) is 25.9. The number of hydrogen-bond acceptors (Lipinski definition) is 3. The smallest absolute Gasteiger partial charge is 0.122 e. The van der Waals surface area contributed by atoms with Crippen LogP contribution in [0.15, 0.2) is 18.2 Å². The molecule has 1 saturated carbocycles. The Bertz CT molecular complexity index is 325. The number of benzene rings is 1. The second-order valence-corrected chi connectivity index (χ2v) is 3.58. The van der Waals surface area contributed by atoms with Gasteiger partial charge in [-0.05, 0) is 36.4 Å². The summed E-state index contributed by atoms with van der Waals surface area (Å²) < 4.78 is 0. The fraction of sp³-hybridized carbons (Fsp3) is 0.400. The molecule has 0 saturated heterocycles. The first-order chi connectivity index (χ1) is 6.22. The summed E-state index contributed by atoms with van der Waals surface area (Å²) in [6.07, 6.45) is 1.05. The number of hydrogen-bond donors (Lipinski definition) is 3. The first kappa shape index (κ1) is 8.38. The van der Waals surface area contributed by atoms with Gasteiger partial charge in [0.15, 0.2) is 0 Å². The average molecular weight is 179 g/mol. The molecular weight excluding hydrogens is 166 g/mol. The molecule has 4 N–H and O–H groups in total. The molecule has 0 heterocycles. The van der Waals surface area contributed by atoms with Gasteiger partial charge in [-0.1, -0.05) is 6.07 Å². The van der Waals surface area contributed by atoms with Gasteiger partial charge in [0.25, 0.3) is 0 Å². The molecule has 1 aromatic rings. The van der Waals surface area contributed by atoms with Crippen LogP contribution in [0, 0.1) is 5.92 Å². The van der Waals surface area contributed by atoms with Crippen LogP contribution in [0.5, 0.6) is 11.5 Å². The summed E-state index contributed by atoms with van der Waals surface area (Å²) in [5, 5.41) is 18.6. The maximum Gasteiger partial charge on any atom is 0.122 e. The van der Waals surface area contributed by atoms with Gasteiger partial charge in [-0.25, -0.2) is 0 Å². The molecule has 3 heteroatoms. The third-order valence-electron chi connectivity index (χ3n) is 2.64. The SMILES string of the molecule is NC[C@@H]1C[C@H]1c1ccc(O)cc1O. The topological polar surface area (TPSA) is 66.5 Å². The lowest BCUT2D eigenvalue weighted by Crippen LogP contribution is -2.01. The molecule has 1 fully saturated rings. The van der Waals surface area contributed by atoms with Gasteiger partial charge in [0.2, 0.25) is 0 Å². The van der Waals surface area contributed by atoms with Crippen LogP contribution in [0.2, 0.25) is 0 Å². The van der Waals surface area contributed by atoms with Crippen molar-refractivity contribution in [1.29, 1.82) is 0 Å². The fourth-order valence-corrected chi connectivity index (χ4v) is 1.73. The molecule has 0 spiro atoms. The van der Waals surface area contributed by atoms with Gasteiger partial charge in [0.05, 0.1) is 0 Å². The molecule has 1 aromatic carbocycles. The van der Waals surface area contributed by atoms with Crippen LogP contribution in [0.4, 0.5) is 0 Å². The average Bonchev–Trinajstić information content (AvgIpc) is 2.83. The van der Waals surface area contributed by atoms with E-state index in [-0.39, 0.29) is 11.5 Å². The van der Waals surface area contributed by atoms with Crippen molar-refractivity contribution in [3.05, 3.63) is 23.8 Å². The fourth-order valence-electron chi connectivity index (χ4n) is 1.73. The van der Waals surface area contributed by atoms with Crippen LogP contribution in [-0.4, -0.2) is 16.8 Å². The van der Waals surface area contributed by atoms with E-state index in [2.05, 4.69) is 0 Å². The maximum absolute atomic E-state index is 9.51. The van der Waals surface area contributed by atoms with E-state index in [1.165, 1.54) is 6.07 Å². The van der Waals surface area contributed by atoms with Crippen molar-refractivity contribution in [1.82, 2.24) is 0 Å². The van der Waals surface area contributed by atoms with Crippen LogP contribution >= 0.6 is 0 Å². The summed E-state index contributed by atoms with van der Waals surface area (Å²) in [5.74, 6) is 1.19. The van der Waals surface area contributed by atoms with E-state index in [1.807, 2.05) is 0 Å². The van der Waals surface area contributed by atoms with Crippen LogP contribution in [-0.2, 0) is 0 Å². The highest BCUT2D eigenvalue weighted by Crippen LogP contribution is 2.49. The number of rotatable bonds is 2. The van der Waals surface area contributed by atoms with Crippen molar-refractivity contribution in [3.63, 3.8) is 0 Å². The molecule has 3 nitrogen and oxygen atoms in total. The van der Waals surface area contributed by atoms with Crippen molar-refractivity contribution < 1.29 is 10.2 Å². The zero-order chi connectivity index (χ0) is 9.42. The minimum absolute atomic E-state index is 0.103. The van der Waals surface area contributed by atoms with E-state index in [0.717, 1.165) is 12.0 Å².